The van der Waals surface area contributed by atoms with Gasteiger partial charge in [0.15, 0.2) is 0 Å². The molecule has 0 aliphatic carbocycles. The molecule has 0 bridgehead atoms. The lowest BCUT2D eigenvalue weighted by molar-refractivity contribution is 0.630. The first kappa shape index (κ1) is 12.0. The summed E-state index contributed by atoms with van der Waals surface area (Å²) in [6, 6.07) is 6.09. The summed E-state index contributed by atoms with van der Waals surface area (Å²) in [5, 5.41) is 4.93. The van der Waals surface area contributed by atoms with Crippen LogP contribution >= 0.6 is 23.2 Å². The van der Waals surface area contributed by atoms with E-state index >= 15 is 0 Å². The van der Waals surface area contributed by atoms with Crippen molar-refractivity contribution >= 4 is 28.9 Å². The van der Waals surface area contributed by atoms with E-state index in [1.54, 1.807) is 0 Å². The summed E-state index contributed by atoms with van der Waals surface area (Å²) < 4.78 is 0. The molecule has 0 aromatic heterocycles. The number of nitrogens with one attached hydrogen (secondary N) is 1. The standard InChI is InChI=1S/C12H16Cl2N2/c1-9-8-15-5-2-6-16(9)12-7-10(13)3-4-11(12)14/h3-4,7,9,15H,2,5-6,8H2,1H3. The van der Waals surface area contributed by atoms with E-state index in [-0.39, 0.29) is 0 Å². The Kier molecular flexibility index (Phi) is 3.95. The van der Waals surface area contributed by atoms with E-state index in [1.807, 2.05) is 18.2 Å². The van der Waals surface area contributed by atoms with Crippen LogP contribution in [0.25, 0.3) is 0 Å². The molecule has 16 heavy (non-hydrogen) atoms. The highest BCUT2D eigenvalue weighted by molar-refractivity contribution is 6.35. The fraction of sp³-hybridized carbons (Fsp3) is 0.500. The van der Waals surface area contributed by atoms with Crippen molar-refractivity contribution in [1.29, 1.82) is 0 Å². The quantitative estimate of drug-likeness (QED) is 0.833. The fourth-order valence-corrected chi connectivity index (χ4v) is 2.47. The number of anilines is 1. The van der Waals surface area contributed by atoms with Gasteiger partial charge in [-0.3, -0.25) is 0 Å². The van der Waals surface area contributed by atoms with Gasteiger partial charge in [-0.05, 0) is 38.1 Å². The molecule has 1 saturated heterocycles. The Morgan fingerprint density at radius 2 is 2.19 bits per heavy atom. The van der Waals surface area contributed by atoms with Crippen molar-refractivity contribution in [1.82, 2.24) is 5.32 Å². The third-order valence-electron chi connectivity index (χ3n) is 2.94. The summed E-state index contributed by atoms with van der Waals surface area (Å²) in [4.78, 5) is 2.33. The average molecular weight is 259 g/mol. The van der Waals surface area contributed by atoms with Crippen molar-refractivity contribution in [3.63, 3.8) is 0 Å². The monoisotopic (exact) mass is 258 g/mol. The largest absolute Gasteiger partial charge is 0.366 e. The highest BCUT2D eigenvalue weighted by atomic mass is 35.5. The molecule has 1 N–H and O–H groups in total. The zero-order valence-electron chi connectivity index (χ0n) is 9.34. The van der Waals surface area contributed by atoms with E-state index in [0.29, 0.717) is 6.04 Å². The molecule has 0 saturated carbocycles. The fourth-order valence-electron chi connectivity index (χ4n) is 2.08. The summed E-state index contributed by atoms with van der Waals surface area (Å²) in [5.41, 5.74) is 1.05. The van der Waals surface area contributed by atoms with Gasteiger partial charge in [-0.15, -0.1) is 0 Å². The van der Waals surface area contributed by atoms with Crippen LogP contribution in [-0.2, 0) is 0 Å². The van der Waals surface area contributed by atoms with Crippen LogP contribution in [0.1, 0.15) is 13.3 Å². The van der Waals surface area contributed by atoms with Crippen molar-refractivity contribution in [2.75, 3.05) is 24.5 Å². The molecule has 1 atom stereocenters. The second-order valence-electron chi connectivity index (χ2n) is 4.20. The summed E-state index contributed by atoms with van der Waals surface area (Å²) >= 11 is 12.3. The van der Waals surface area contributed by atoms with E-state index in [2.05, 4.69) is 17.1 Å². The number of nitrogens with zero attached hydrogens (tertiary/aromatic N) is 1. The zero-order valence-corrected chi connectivity index (χ0v) is 10.9. The summed E-state index contributed by atoms with van der Waals surface area (Å²) in [6.45, 7) is 5.28. The smallest absolute Gasteiger partial charge is 0.0640 e. The summed E-state index contributed by atoms with van der Waals surface area (Å²) in [6.07, 6.45) is 1.13. The average Bonchev–Trinajstić information content (AvgIpc) is 2.47. The number of rotatable bonds is 1. The molecule has 1 fully saturated rings. The van der Waals surface area contributed by atoms with E-state index < -0.39 is 0 Å². The van der Waals surface area contributed by atoms with Gasteiger partial charge in [0.2, 0.25) is 0 Å². The Hall–Kier alpha value is -0.440. The van der Waals surface area contributed by atoms with Gasteiger partial charge in [0.05, 0.1) is 10.7 Å². The lowest BCUT2D eigenvalue weighted by Gasteiger charge is -2.30. The number of halogens is 2. The van der Waals surface area contributed by atoms with Crippen molar-refractivity contribution in [2.45, 2.75) is 19.4 Å². The molecule has 1 aliphatic heterocycles. The third kappa shape index (κ3) is 2.62. The maximum Gasteiger partial charge on any atom is 0.0640 e. The molecule has 2 nitrogen and oxygen atoms in total. The molecular formula is C12H16Cl2N2. The highest BCUT2D eigenvalue weighted by Gasteiger charge is 2.19. The number of hydrogen-bond donors (Lipinski definition) is 1. The van der Waals surface area contributed by atoms with Gasteiger partial charge >= 0.3 is 0 Å². The molecule has 88 valence electrons. The van der Waals surface area contributed by atoms with Crippen LogP contribution in [-0.4, -0.2) is 25.7 Å². The van der Waals surface area contributed by atoms with Crippen LogP contribution in [0.2, 0.25) is 10.0 Å². The Balaban J connectivity index is 2.29. The van der Waals surface area contributed by atoms with E-state index in [1.165, 1.54) is 0 Å². The van der Waals surface area contributed by atoms with Gasteiger partial charge in [-0.1, -0.05) is 23.2 Å². The van der Waals surface area contributed by atoms with Crippen LogP contribution in [0.3, 0.4) is 0 Å². The van der Waals surface area contributed by atoms with E-state index in [4.69, 9.17) is 23.2 Å². The molecule has 0 spiro atoms. The Bertz CT molecular complexity index is 368. The molecule has 2 rings (SSSR count). The van der Waals surface area contributed by atoms with Crippen molar-refractivity contribution in [2.24, 2.45) is 0 Å². The zero-order chi connectivity index (χ0) is 11.5. The van der Waals surface area contributed by atoms with Gasteiger partial charge in [-0.25, -0.2) is 0 Å². The molecule has 0 amide bonds. The summed E-state index contributed by atoms with van der Waals surface area (Å²) in [5.74, 6) is 0. The van der Waals surface area contributed by atoms with Gasteiger partial charge in [0.25, 0.3) is 0 Å². The normalized spacial score (nSPS) is 21.9. The molecule has 1 aromatic carbocycles. The summed E-state index contributed by atoms with van der Waals surface area (Å²) in [7, 11) is 0. The predicted molar refractivity (Wildman–Crippen MR) is 70.8 cm³/mol. The molecule has 1 unspecified atom stereocenters. The molecule has 4 heteroatoms. The molecule has 1 aliphatic rings. The first-order chi connectivity index (χ1) is 7.68. The third-order valence-corrected chi connectivity index (χ3v) is 3.50. The van der Waals surface area contributed by atoms with Crippen molar-refractivity contribution in [3.8, 4) is 0 Å². The first-order valence-electron chi connectivity index (χ1n) is 5.61. The topological polar surface area (TPSA) is 15.3 Å². The van der Waals surface area contributed by atoms with Crippen LogP contribution in [0.5, 0.6) is 0 Å². The Morgan fingerprint density at radius 3 is 3.00 bits per heavy atom. The molecule has 0 radical (unpaired) electrons. The second-order valence-corrected chi connectivity index (χ2v) is 5.04. The Labute approximate surface area is 107 Å². The van der Waals surface area contributed by atoms with Gasteiger partial charge in [0, 0.05) is 24.2 Å². The maximum absolute atomic E-state index is 6.23. The van der Waals surface area contributed by atoms with Crippen LogP contribution in [0.15, 0.2) is 18.2 Å². The lowest BCUT2D eigenvalue weighted by atomic mass is 10.2. The van der Waals surface area contributed by atoms with Crippen molar-refractivity contribution < 1.29 is 0 Å². The second kappa shape index (κ2) is 5.26. The number of hydrogen-bond acceptors (Lipinski definition) is 2. The predicted octanol–water partition coefficient (Wildman–Crippen LogP) is 3.18. The molecule has 1 heterocycles. The van der Waals surface area contributed by atoms with Gasteiger partial charge < -0.3 is 10.2 Å². The van der Waals surface area contributed by atoms with Crippen LogP contribution in [0, 0.1) is 0 Å². The minimum atomic E-state index is 0.443. The van der Waals surface area contributed by atoms with Gasteiger partial charge in [-0.2, -0.15) is 0 Å². The first-order valence-corrected chi connectivity index (χ1v) is 6.36. The maximum atomic E-state index is 6.23. The SMILES string of the molecule is CC1CNCCCN1c1cc(Cl)ccc1Cl. The van der Waals surface area contributed by atoms with Crippen molar-refractivity contribution in [3.05, 3.63) is 28.2 Å². The van der Waals surface area contributed by atoms with Crippen LogP contribution < -0.4 is 10.2 Å². The molecule has 1 aromatic rings. The van der Waals surface area contributed by atoms with E-state index in [9.17, 15) is 0 Å². The highest BCUT2D eigenvalue weighted by Crippen LogP contribution is 2.30. The molecular weight excluding hydrogens is 243 g/mol. The van der Waals surface area contributed by atoms with E-state index in [0.717, 1.165) is 41.8 Å². The van der Waals surface area contributed by atoms with Gasteiger partial charge in [0.1, 0.15) is 0 Å². The minimum absolute atomic E-state index is 0.443. The van der Waals surface area contributed by atoms with Crippen LogP contribution in [0.4, 0.5) is 5.69 Å². The Morgan fingerprint density at radius 1 is 1.38 bits per heavy atom. The minimum Gasteiger partial charge on any atom is -0.366 e. The lowest BCUT2D eigenvalue weighted by Crippen LogP contribution is -2.37. The number of benzene rings is 1.